The van der Waals surface area contributed by atoms with Crippen LogP contribution in [-0.2, 0) is 24.4 Å². The molecule has 0 radical (unpaired) electrons. The summed E-state index contributed by atoms with van der Waals surface area (Å²) in [5, 5.41) is 17.6. The number of rotatable bonds is 15. The van der Waals surface area contributed by atoms with Crippen LogP contribution in [0.2, 0.25) is 0 Å². The third-order valence-electron chi connectivity index (χ3n) is 8.28. The van der Waals surface area contributed by atoms with Crippen molar-refractivity contribution in [3.8, 4) is 0 Å². The molecule has 12 nitrogen and oxygen atoms in total. The Labute approximate surface area is 265 Å². The number of hydrogen-bond donors (Lipinski definition) is 4. The monoisotopic (exact) mass is 655 g/mol. The minimum Gasteiger partial charge on any atom is -0.480 e. The molecule has 248 valence electrons. The number of unbranched alkanes of at least 4 members (excludes halogenated alkanes) is 3. The van der Waals surface area contributed by atoms with Crippen LogP contribution in [-0.4, -0.2) is 96.6 Å². The molecule has 3 rings (SSSR count). The zero-order valence-corrected chi connectivity index (χ0v) is 28.0. The molecule has 1 fully saturated rings. The molecule has 1 unspecified atom stereocenters. The molecule has 0 aromatic carbocycles. The molecule has 4 N–H and O–H groups in total. The molecule has 44 heavy (non-hydrogen) atoms. The van der Waals surface area contributed by atoms with Crippen LogP contribution in [0.1, 0.15) is 85.5 Å². The number of allylic oxidation sites excluding steroid dienone is 3. The summed E-state index contributed by atoms with van der Waals surface area (Å²) < 4.78 is 27.4. The van der Waals surface area contributed by atoms with Gasteiger partial charge in [-0.25, -0.2) is 18.0 Å². The minimum atomic E-state index is -3.55. The Kier molecular flexibility index (Phi) is 13.2. The first kappa shape index (κ1) is 35.9. The van der Waals surface area contributed by atoms with Gasteiger partial charge in [0.05, 0.1) is 11.4 Å². The molecule has 14 heteroatoms. The average molecular weight is 656 g/mol. The van der Waals surface area contributed by atoms with Crippen molar-refractivity contribution in [2.75, 3.05) is 31.9 Å². The molecule has 0 bridgehead atoms. The molecule has 4 amide bonds. The number of aliphatic carboxylic acids is 1. The molecule has 0 spiro atoms. The SMILES string of the molecule is CCCCC/C=C\CC[C@H](NC(=O)[C@@H]1CCCN1C(=O)CNC(=O)NC(CN1CC2=C(CCS2)S1(=O)=O)C(C)(C)C)C(=O)O. The number of thioether (sulfide) groups is 1. The largest absolute Gasteiger partial charge is 0.480 e. The number of carbonyl (C=O) groups is 4. The van der Waals surface area contributed by atoms with Crippen LogP contribution < -0.4 is 16.0 Å². The topological polar surface area (TPSA) is 165 Å². The number of amides is 4. The van der Waals surface area contributed by atoms with Gasteiger partial charge in [-0.2, -0.15) is 4.31 Å². The zero-order chi connectivity index (χ0) is 32.5. The van der Waals surface area contributed by atoms with Crippen molar-refractivity contribution in [3.63, 3.8) is 0 Å². The van der Waals surface area contributed by atoms with Gasteiger partial charge < -0.3 is 26.0 Å². The van der Waals surface area contributed by atoms with E-state index in [1.54, 1.807) is 11.8 Å². The summed E-state index contributed by atoms with van der Waals surface area (Å²) in [4.78, 5) is 53.5. The highest BCUT2D eigenvalue weighted by Gasteiger charge is 2.42. The van der Waals surface area contributed by atoms with Gasteiger partial charge in [0, 0.05) is 36.3 Å². The Morgan fingerprint density at radius 1 is 1.11 bits per heavy atom. The summed E-state index contributed by atoms with van der Waals surface area (Å²) in [6, 6.07) is -3.01. The van der Waals surface area contributed by atoms with Crippen molar-refractivity contribution < 1.29 is 32.7 Å². The predicted octanol–water partition coefficient (Wildman–Crippen LogP) is 3.17. The van der Waals surface area contributed by atoms with E-state index in [0.717, 1.165) is 36.3 Å². The number of carbonyl (C=O) groups excluding carboxylic acids is 3. The predicted molar refractivity (Wildman–Crippen MR) is 171 cm³/mol. The van der Waals surface area contributed by atoms with E-state index in [-0.39, 0.29) is 19.5 Å². The number of carboxylic acid groups (broad SMARTS) is 1. The number of nitrogens with one attached hydrogen (secondary N) is 3. The van der Waals surface area contributed by atoms with Gasteiger partial charge in [0.1, 0.15) is 12.1 Å². The normalized spacial score (nSPS) is 21.4. The van der Waals surface area contributed by atoms with E-state index in [1.165, 1.54) is 9.21 Å². The molecule has 1 saturated heterocycles. The first-order valence-corrected chi connectivity index (χ1v) is 18.0. The lowest BCUT2D eigenvalue weighted by molar-refractivity contribution is -0.143. The van der Waals surface area contributed by atoms with E-state index in [2.05, 4.69) is 22.9 Å². The summed E-state index contributed by atoms with van der Waals surface area (Å²) >= 11 is 1.56. The lowest BCUT2D eigenvalue weighted by Gasteiger charge is -2.34. The van der Waals surface area contributed by atoms with Gasteiger partial charge in [0.25, 0.3) is 0 Å². The van der Waals surface area contributed by atoms with Crippen molar-refractivity contribution in [2.24, 2.45) is 5.41 Å². The smallest absolute Gasteiger partial charge is 0.326 e. The van der Waals surface area contributed by atoms with E-state index < -0.39 is 57.4 Å². The molecular formula is C30H49N5O7S2. The molecule has 3 aliphatic heterocycles. The van der Waals surface area contributed by atoms with Crippen LogP contribution in [0, 0.1) is 5.41 Å². The summed E-state index contributed by atoms with van der Waals surface area (Å²) in [7, 11) is -3.55. The van der Waals surface area contributed by atoms with E-state index in [9.17, 15) is 32.7 Å². The van der Waals surface area contributed by atoms with Gasteiger partial charge in [0.2, 0.25) is 21.8 Å². The Bertz CT molecular complexity index is 1230. The van der Waals surface area contributed by atoms with Crippen molar-refractivity contribution in [3.05, 3.63) is 22.0 Å². The molecule has 0 aromatic rings. The van der Waals surface area contributed by atoms with E-state index >= 15 is 0 Å². The highest BCUT2D eigenvalue weighted by atomic mass is 32.2. The van der Waals surface area contributed by atoms with Gasteiger partial charge >= 0.3 is 12.0 Å². The average Bonchev–Trinajstić information content (AvgIpc) is 3.68. The summed E-state index contributed by atoms with van der Waals surface area (Å²) in [6.45, 7) is 8.24. The number of urea groups is 1. The Hall–Kier alpha value is -2.58. The number of carboxylic acids is 1. The molecule has 0 aliphatic carbocycles. The molecule has 3 atom stereocenters. The van der Waals surface area contributed by atoms with Gasteiger partial charge in [-0.05, 0) is 50.4 Å². The van der Waals surface area contributed by atoms with E-state index in [4.69, 9.17) is 0 Å². The van der Waals surface area contributed by atoms with Crippen molar-refractivity contribution in [2.45, 2.75) is 104 Å². The van der Waals surface area contributed by atoms with Crippen LogP contribution in [0.3, 0.4) is 0 Å². The molecule has 3 aliphatic rings. The van der Waals surface area contributed by atoms with Gasteiger partial charge in [-0.15, -0.1) is 11.8 Å². The second-order valence-corrected chi connectivity index (χ2v) is 15.8. The fourth-order valence-corrected chi connectivity index (χ4v) is 8.97. The molecule has 3 heterocycles. The lowest BCUT2D eigenvalue weighted by atomic mass is 9.86. The van der Waals surface area contributed by atoms with Crippen molar-refractivity contribution in [1.29, 1.82) is 0 Å². The third-order valence-corrected chi connectivity index (χ3v) is 11.6. The van der Waals surface area contributed by atoms with Crippen LogP contribution in [0.15, 0.2) is 22.0 Å². The Morgan fingerprint density at radius 2 is 1.84 bits per heavy atom. The fourth-order valence-electron chi connectivity index (χ4n) is 5.54. The quantitative estimate of drug-likeness (QED) is 0.154. The number of likely N-dealkylation sites (tertiary alicyclic amines) is 1. The maximum atomic E-state index is 13.0. The van der Waals surface area contributed by atoms with Gasteiger partial charge in [0.15, 0.2) is 0 Å². The maximum Gasteiger partial charge on any atom is 0.326 e. The fraction of sp³-hybridized carbons (Fsp3) is 0.733. The lowest BCUT2D eigenvalue weighted by Crippen LogP contribution is -2.56. The Morgan fingerprint density at radius 3 is 2.50 bits per heavy atom. The third kappa shape index (κ3) is 9.71. The van der Waals surface area contributed by atoms with Gasteiger partial charge in [-0.1, -0.05) is 52.7 Å². The van der Waals surface area contributed by atoms with E-state index in [0.29, 0.717) is 43.7 Å². The van der Waals surface area contributed by atoms with Crippen LogP contribution in [0.25, 0.3) is 0 Å². The maximum absolute atomic E-state index is 13.0. The molecule has 0 saturated carbocycles. The first-order chi connectivity index (χ1) is 20.8. The van der Waals surface area contributed by atoms with Crippen LogP contribution in [0.4, 0.5) is 4.79 Å². The minimum absolute atomic E-state index is 0.106. The first-order valence-electron chi connectivity index (χ1n) is 15.6. The van der Waals surface area contributed by atoms with E-state index in [1.807, 2.05) is 32.9 Å². The molecule has 0 aromatic heterocycles. The standard InChI is InChI=1S/C30H49N5O7S2/c1-5-6-7-8-9-10-11-13-21(28(38)39)32-27(37)22-14-12-16-35(22)26(36)18-31-29(40)33-25(30(2,3)4)20-34-19-23-24(15-17-43-23)44(34,41)42/h9-10,21-22,25H,5-8,11-20H2,1-4H3,(H,32,37)(H,38,39)(H2,31,33,40)/b10-9-/t21-,22-,25?/m0/s1. The van der Waals surface area contributed by atoms with Crippen LogP contribution in [0.5, 0.6) is 0 Å². The Balaban J connectivity index is 1.50. The zero-order valence-electron chi connectivity index (χ0n) is 26.4. The van der Waals surface area contributed by atoms with Crippen molar-refractivity contribution in [1.82, 2.24) is 25.2 Å². The number of nitrogens with zero attached hydrogens (tertiary/aromatic N) is 2. The second-order valence-electron chi connectivity index (χ2n) is 12.7. The highest BCUT2D eigenvalue weighted by molar-refractivity contribution is 8.05. The number of sulfonamides is 1. The summed E-state index contributed by atoms with van der Waals surface area (Å²) in [6.07, 6.45) is 10.6. The summed E-state index contributed by atoms with van der Waals surface area (Å²) in [5.74, 6) is -1.32. The highest BCUT2D eigenvalue weighted by Crippen LogP contribution is 2.42. The number of hydrogen-bond acceptors (Lipinski definition) is 7. The second kappa shape index (κ2) is 16.1. The van der Waals surface area contributed by atoms with Gasteiger partial charge in [-0.3, -0.25) is 9.59 Å². The summed E-state index contributed by atoms with van der Waals surface area (Å²) in [5.41, 5.74) is -0.472. The van der Waals surface area contributed by atoms with Crippen LogP contribution >= 0.6 is 11.8 Å². The molecular weight excluding hydrogens is 606 g/mol. The van der Waals surface area contributed by atoms with Crippen molar-refractivity contribution >= 4 is 45.6 Å².